The Hall–Kier alpha value is -2.00. The zero-order valence-electron chi connectivity index (χ0n) is 16.5. The van der Waals surface area contributed by atoms with Crippen LogP contribution in [0.25, 0.3) is 11.3 Å². The monoisotopic (exact) mass is 474 g/mol. The second-order valence-electron chi connectivity index (χ2n) is 6.79. The van der Waals surface area contributed by atoms with Crippen molar-refractivity contribution in [1.82, 2.24) is 9.78 Å². The molecule has 0 aliphatic carbocycles. The molecule has 1 aromatic carbocycles. The maximum atomic E-state index is 12.6. The number of carbonyl (C=O) groups is 1. The van der Waals surface area contributed by atoms with Crippen molar-refractivity contribution in [3.63, 3.8) is 0 Å². The third-order valence-electron chi connectivity index (χ3n) is 4.52. The lowest BCUT2D eigenvalue weighted by atomic mass is 10.0. The number of aromatic nitrogens is 2. The van der Waals surface area contributed by atoms with Crippen molar-refractivity contribution < 1.29 is 14.3 Å². The van der Waals surface area contributed by atoms with Gasteiger partial charge in [-0.3, -0.25) is 10.1 Å². The van der Waals surface area contributed by atoms with E-state index in [1.807, 2.05) is 17.9 Å². The molecule has 2 aromatic rings. The van der Waals surface area contributed by atoms with Crippen molar-refractivity contribution in [3.05, 3.63) is 40.2 Å². The summed E-state index contributed by atoms with van der Waals surface area (Å²) in [7, 11) is 1.61. The average molecular weight is 476 g/mol. The van der Waals surface area contributed by atoms with Gasteiger partial charge in [0.05, 0.1) is 18.9 Å². The number of halogens is 3. The lowest BCUT2D eigenvalue weighted by Gasteiger charge is -2.28. The molecule has 1 aliphatic rings. The molecule has 0 radical (unpaired) electrons. The highest BCUT2D eigenvalue weighted by Gasteiger charge is 2.22. The van der Waals surface area contributed by atoms with E-state index in [-0.39, 0.29) is 12.2 Å². The summed E-state index contributed by atoms with van der Waals surface area (Å²) in [5.41, 5.74) is 3.16. The molecule has 0 saturated carbocycles. The number of rotatable bonds is 4. The van der Waals surface area contributed by atoms with Crippen LogP contribution < -0.4 is 15.8 Å². The largest absolute Gasteiger partial charge is 0.445 e. The molecule has 1 amide bonds. The third kappa shape index (κ3) is 5.78. The van der Waals surface area contributed by atoms with Crippen LogP contribution in [-0.2, 0) is 16.5 Å². The van der Waals surface area contributed by atoms with E-state index in [1.165, 1.54) is 4.68 Å². The zero-order valence-corrected chi connectivity index (χ0v) is 18.7. The number of carbonyl (C=O) groups excluding carboxylic acids is 1. The van der Waals surface area contributed by atoms with Crippen LogP contribution >= 0.6 is 34.8 Å². The van der Waals surface area contributed by atoms with Crippen LogP contribution in [0, 0.1) is 6.92 Å². The first-order valence-electron chi connectivity index (χ1n) is 9.16. The fraction of sp³-hybridized carbons (Fsp3) is 0.421. The molecule has 1 fully saturated rings. The fourth-order valence-electron chi connectivity index (χ4n) is 3.03. The van der Waals surface area contributed by atoms with Crippen LogP contribution in [0.4, 0.5) is 16.2 Å². The number of aryl methyl sites for hydroxylation is 2. The molecule has 1 aromatic heterocycles. The van der Waals surface area contributed by atoms with Crippen molar-refractivity contribution in [2.45, 2.75) is 10.7 Å². The highest BCUT2D eigenvalue weighted by molar-refractivity contribution is 6.67. The summed E-state index contributed by atoms with van der Waals surface area (Å²) in [4.78, 5) is 26.6. The molecule has 1 saturated heterocycles. The van der Waals surface area contributed by atoms with Crippen LogP contribution in [0.15, 0.2) is 29.1 Å². The van der Waals surface area contributed by atoms with Gasteiger partial charge in [0.1, 0.15) is 12.3 Å². The van der Waals surface area contributed by atoms with E-state index in [4.69, 9.17) is 44.3 Å². The summed E-state index contributed by atoms with van der Waals surface area (Å²) in [6, 6.07) is 7.07. The molecule has 0 unspecified atom stereocenters. The van der Waals surface area contributed by atoms with Crippen LogP contribution in [0.1, 0.15) is 5.56 Å². The minimum absolute atomic E-state index is 0.178. The predicted octanol–water partition coefficient (Wildman–Crippen LogP) is 3.51. The summed E-state index contributed by atoms with van der Waals surface area (Å²) < 4.78 is 9.89. The van der Waals surface area contributed by atoms with Crippen LogP contribution in [0.3, 0.4) is 0 Å². The van der Waals surface area contributed by atoms with Gasteiger partial charge in [0.2, 0.25) is 3.79 Å². The van der Waals surface area contributed by atoms with Crippen molar-refractivity contribution in [2.75, 3.05) is 43.1 Å². The topological polar surface area (TPSA) is 85.7 Å². The minimum atomic E-state index is -1.69. The lowest BCUT2D eigenvalue weighted by Crippen LogP contribution is -2.40. The second-order valence-corrected chi connectivity index (χ2v) is 9.31. The zero-order chi connectivity index (χ0) is 21.9. The van der Waals surface area contributed by atoms with Gasteiger partial charge in [-0.2, -0.15) is 5.10 Å². The first-order valence-corrected chi connectivity index (χ1v) is 10.3. The molecular weight excluding hydrogens is 455 g/mol. The van der Waals surface area contributed by atoms with Gasteiger partial charge in [0, 0.05) is 31.4 Å². The summed E-state index contributed by atoms with van der Waals surface area (Å²) in [5, 5.41) is 6.99. The van der Waals surface area contributed by atoms with Crippen molar-refractivity contribution in [3.8, 4) is 11.3 Å². The molecule has 8 nitrogen and oxygen atoms in total. The van der Waals surface area contributed by atoms with E-state index in [0.29, 0.717) is 43.4 Å². The SMILES string of the molecule is Cc1ccc(NC(=O)OCC(Cl)(Cl)Cl)cc1-c1cc(N2CCOCC2)c(=O)n(C)n1. The molecule has 162 valence electrons. The normalized spacial score (nSPS) is 14.5. The third-order valence-corrected chi connectivity index (χ3v) is 4.85. The van der Waals surface area contributed by atoms with E-state index in [1.54, 1.807) is 25.2 Å². The number of morpholine rings is 1. The van der Waals surface area contributed by atoms with Gasteiger partial charge in [-0.25, -0.2) is 9.48 Å². The highest BCUT2D eigenvalue weighted by Crippen LogP contribution is 2.28. The number of anilines is 2. The Morgan fingerprint density at radius 3 is 2.63 bits per heavy atom. The molecule has 11 heteroatoms. The summed E-state index contributed by atoms with van der Waals surface area (Å²) in [5.74, 6) is 0. The van der Waals surface area contributed by atoms with Crippen molar-refractivity contribution >= 4 is 52.3 Å². The summed E-state index contributed by atoms with van der Waals surface area (Å²) >= 11 is 16.8. The Labute approximate surface area is 188 Å². The van der Waals surface area contributed by atoms with Gasteiger partial charge < -0.3 is 14.4 Å². The van der Waals surface area contributed by atoms with Gasteiger partial charge in [0.25, 0.3) is 5.56 Å². The van der Waals surface area contributed by atoms with Gasteiger partial charge in [-0.1, -0.05) is 40.9 Å². The van der Waals surface area contributed by atoms with E-state index in [2.05, 4.69) is 10.4 Å². The number of nitrogens with zero attached hydrogens (tertiary/aromatic N) is 3. The average Bonchev–Trinajstić information content (AvgIpc) is 2.70. The molecule has 0 atom stereocenters. The van der Waals surface area contributed by atoms with E-state index >= 15 is 0 Å². The molecule has 0 bridgehead atoms. The van der Waals surface area contributed by atoms with Crippen molar-refractivity contribution in [1.29, 1.82) is 0 Å². The molecular formula is C19H21Cl3N4O4. The maximum Gasteiger partial charge on any atom is 0.411 e. The molecule has 1 aliphatic heterocycles. The standard InChI is InChI=1S/C19H21Cl3N4O4/c1-12-3-4-13(23-18(28)30-11-19(20,21)22)9-14(12)15-10-16(17(27)25(2)24-15)26-5-7-29-8-6-26/h3-4,9-10H,5-8,11H2,1-2H3,(H,23,28). The number of ether oxygens (including phenoxy) is 2. The summed E-state index contributed by atoms with van der Waals surface area (Å²) in [6.45, 7) is 3.93. The van der Waals surface area contributed by atoms with Crippen LogP contribution in [0.2, 0.25) is 0 Å². The quantitative estimate of drug-likeness (QED) is 0.681. The number of hydrogen-bond acceptors (Lipinski definition) is 6. The second kappa shape index (κ2) is 9.43. The lowest BCUT2D eigenvalue weighted by molar-refractivity contribution is 0.122. The molecule has 0 spiro atoms. The minimum Gasteiger partial charge on any atom is -0.445 e. The highest BCUT2D eigenvalue weighted by atomic mass is 35.6. The van der Waals surface area contributed by atoms with E-state index < -0.39 is 9.89 Å². The fourth-order valence-corrected chi connectivity index (χ4v) is 3.20. The number of nitrogens with one attached hydrogen (secondary N) is 1. The van der Waals surface area contributed by atoms with Gasteiger partial charge >= 0.3 is 6.09 Å². The van der Waals surface area contributed by atoms with Crippen molar-refractivity contribution in [2.24, 2.45) is 7.05 Å². The first-order chi connectivity index (χ1) is 14.1. The van der Waals surface area contributed by atoms with E-state index in [0.717, 1.165) is 11.1 Å². The molecule has 30 heavy (non-hydrogen) atoms. The predicted molar refractivity (Wildman–Crippen MR) is 118 cm³/mol. The first kappa shape index (κ1) is 22.7. The van der Waals surface area contributed by atoms with Gasteiger partial charge in [-0.05, 0) is 30.7 Å². The summed E-state index contributed by atoms with van der Waals surface area (Å²) in [6.07, 6.45) is -0.751. The molecule has 1 N–H and O–H groups in total. The number of amides is 1. The van der Waals surface area contributed by atoms with Gasteiger partial charge in [0.15, 0.2) is 0 Å². The molecule has 3 rings (SSSR count). The van der Waals surface area contributed by atoms with Crippen LogP contribution in [0.5, 0.6) is 0 Å². The van der Waals surface area contributed by atoms with Crippen LogP contribution in [-0.4, -0.2) is 52.6 Å². The Balaban J connectivity index is 1.88. The van der Waals surface area contributed by atoms with E-state index in [9.17, 15) is 9.59 Å². The maximum absolute atomic E-state index is 12.6. The molecule has 2 heterocycles. The smallest absolute Gasteiger partial charge is 0.411 e. The Bertz CT molecular complexity index is 985. The number of hydrogen-bond donors (Lipinski definition) is 1. The Kier molecular flexibility index (Phi) is 7.13. The number of benzene rings is 1. The number of alkyl halides is 3. The Morgan fingerprint density at radius 2 is 1.97 bits per heavy atom. The van der Waals surface area contributed by atoms with Gasteiger partial charge in [-0.15, -0.1) is 0 Å². The Morgan fingerprint density at radius 1 is 1.27 bits per heavy atom.